The number of benzene rings is 2. The van der Waals surface area contributed by atoms with Crippen molar-refractivity contribution in [2.75, 3.05) is 11.9 Å². The van der Waals surface area contributed by atoms with Crippen LogP contribution in [-0.2, 0) is 4.79 Å². The molecule has 3 rings (SSSR count). The van der Waals surface area contributed by atoms with Crippen molar-refractivity contribution in [2.24, 2.45) is 0 Å². The van der Waals surface area contributed by atoms with E-state index in [1.54, 1.807) is 12.3 Å². The van der Waals surface area contributed by atoms with Gasteiger partial charge < -0.3 is 10.1 Å². The molecule has 7 nitrogen and oxygen atoms in total. The highest BCUT2D eigenvalue weighted by atomic mass is 127. The highest BCUT2D eigenvalue weighted by Gasteiger charge is 2.11. The Hall–Kier alpha value is -2.75. The number of nitrogens with zero attached hydrogens (tertiary/aromatic N) is 2. The van der Waals surface area contributed by atoms with Gasteiger partial charge in [0.2, 0.25) is 5.91 Å². The number of ether oxygens (including phenoxy) is 1. The Balaban J connectivity index is 1.46. The number of halogens is 1. The lowest BCUT2D eigenvalue weighted by Gasteiger charge is -2.09. The topological polar surface area (TPSA) is 94.4 Å². The SMILES string of the molecule is O=C(CCCCOc1cc([N+](=O)[O-])ccc1I)Nc1cccc2cccnc12. The summed E-state index contributed by atoms with van der Waals surface area (Å²) < 4.78 is 6.44. The van der Waals surface area contributed by atoms with Gasteiger partial charge in [-0.3, -0.25) is 19.9 Å². The van der Waals surface area contributed by atoms with Gasteiger partial charge in [0, 0.05) is 24.1 Å². The summed E-state index contributed by atoms with van der Waals surface area (Å²) in [5.41, 5.74) is 1.46. The van der Waals surface area contributed by atoms with Gasteiger partial charge in [0.05, 0.1) is 32.4 Å². The molecule has 0 saturated carbocycles. The predicted octanol–water partition coefficient (Wildman–Crippen LogP) is 4.94. The van der Waals surface area contributed by atoms with Crippen LogP contribution in [0.3, 0.4) is 0 Å². The van der Waals surface area contributed by atoms with Crippen LogP contribution in [0.25, 0.3) is 10.9 Å². The Labute approximate surface area is 175 Å². The third-order valence-electron chi connectivity index (χ3n) is 4.09. The zero-order chi connectivity index (χ0) is 19.9. The maximum atomic E-state index is 12.2. The van der Waals surface area contributed by atoms with E-state index in [1.165, 1.54) is 12.1 Å². The van der Waals surface area contributed by atoms with Crippen LogP contribution in [-0.4, -0.2) is 22.4 Å². The van der Waals surface area contributed by atoms with Crippen LogP contribution in [0.15, 0.2) is 54.7 Å². The Morgan fingerprint density at radius 3 is 2.82 bits per heavy atom. The molecule has 1 amide bonds. The number of unbranched alkanes of at least 4 members (excludes halogenated alkanes) is 1. The number of amides is 1. The number of non-ortho nitro benzene ring substituents is 1. The number of fused-ring (bicyclic) bond motifs is 1. The molecular formula is C20H18IN3O4. The van der Waals surface area contributed by atoms with E-state index in [1.807, 2.05) is 30.3 Å². The molecular weight excluding hydrogens is 473 g/mol. The molecule has 3 aromatic rings. The van der Waals surface area contributed by atoms with Crippen LogP contribution < -0.4 is 10.1 Å². The summed E-state index contributed by atoms with van der Waals surface area (Å²) >= 11 is 2.07. The van der Waals surface area contributed by atoms with Crippen molar-refractivity contribution in [1.82, 2.24) is 4.98 Å². The lowest BCUT2D eigenvalue weighted by Crippen LogP contribution is -2.12. The maximum absolute atomic E-state index is 12.2. The first kappa shape index (κ1) is 20.0. The summed E-state index contributed by atoms with van der Waals surface area (Å²) in [5, 5.41) is 14.7. The standard InChI is InChI=1S/C20H18IN3O4/c21-16-10-9-15(24(26)27)13-18(16)28-12-2-1-8-19(25)23-17-7-3-5-14-6-4-11-22-20(14)17/h3-7,9-11,13H,1-2,8,12H2,(H,23,25). The number of hydrogen-bond donors (Lipinski definition) is 1. The quantitative estimate of drug-likeness (QED) is 0.209. The van der Waals surface area contributed by atoms with E-state index in [4.69, 9.17) is 4.74 Å². The summed E-state index contributed by atoms with van der Waals surface area (Å²) in [6.45, 7) is 0.389. The van der Waals surface area contributed by atoms with Crippen LogP contribution in [0.2, 0.25) is 0 Å². The largest absolute Gasteiger partial charge is 0.492 e. The molecule has 0 radical (unpaired) electrons. The maximum Gasteiger partial charge on any atom is 0.273 e. The van der Waals surface area contributed by atoms with Crippen molar-refractivity contribution in [3.63, 3.8) is 0 Å². The minimum atomic E-state index is -0.449. The van der Waals surface area contributed by atoms with Gasteiger partial charge in [-0.2, -0.15) is 0 Å². The second kappa shape index (κ2) is 9.45. The van der Waals surface area contributed by atoms with Crippen molar-refractivity contribution < 1.29 is 14.5 Å². The fraction of sp³-hybridized carbons (Fsp3) is 0.200. The number of carbonyl (C=O) groups is 1. The first-order chi connectivity index (χ1) is 13.5. The molecule has 0 fully saturated rings. The van der Waals surface area contributed by atoms with E-state index >= 15 is 0 Å². The molecule has 1 heterocycles. The smallest absolute Gasteiger partial charge is 0.273 e. The number of aromatic nitrogens is 1. The number of anilines is 1. The van der Waals surface area contributed by atoms with Crippen molar-refractivity contribution in [1.29, 1.82) is 0 Å². The number of nitrogens with one attached hydrogen (secondary N) is 1. The zero-order valence-corrected chi connectivity index (χ0v) is 17.1. The lowest BCUT2D eigenvalue weighted by molar-refractivity contribution is -0.385. The molecule has 0 aliphatic rings. The van der Waals surface area contributed by atoms with E-state index in [9.17, 15) is 14.9 Å². The summed E-state index contributed by atoms with van der Waals surface area (Å²) in [5.74, 6) is 0.407. The third-order valence-corrected chi connectivity index (χ3v) is 4.98. The van der Waals surface area contributed by atoms with Crippen LogP contribution >= 0.6 is 22.6 Å². The minimum absolute atomic E-state index is 0.00140. The molecule has 0 atom stereocenters. The van der Waals surface area contributed by atoms with Gasteiger partial charge in [0.1, 0.15) is 5.75 Å². The van der Waals surface area contributed by atoms with E-state index in [0.717, 1.165) is 14.5 Å². The number of nitro benzene ring substituents is 1. The monoisotopic (exact) mass is 491 g/mol. The molecule has 0 unspecified atom stereocenters. The second-order valence-corrected chi connectivity index (χ2v) is 7.27. The summed E-state index contributed by atoms with van der Waals surface area (Å²) in [7, 11) is 0. The normalized spacial score (nSPS) is 10.6. The number of para-hydroxylation sites is 1. The first-order valence-electron chi connectivity index (χ1n) is 8.75. The molecule has 2 aromatic carbocycles. The minimum Gasteiger partial charge on any atom is -0.492 e. The number of carbonyl (C=O) groups excluding carboxylic acids is 1. The molecule has 0 spiro atoms. The van der Waals surface area contributed by atoms with Gasteiger partial charge in [-0.25, -0.2) is 0 Å². The van der Waals surface area contributed by atoms with Crippen molar-refractivity contribution in [3.05, 3.63) is 68.4 Å². The van der Waals surface area contributed by atoms with Crippen molar-refractivity contribution >= 4 is 50.8 Å². The molecule has 144 valence electrons. The van der Waals surface area contributed by atoms with Crippen LogP contribution in [0, 0.1) is 13.7 Å². The van der Waals surface area contributed by atoms with Crippen LogP contribution in [0.5, 0.6) is 5.75 Å². The van der Waals surface area contributed by atoms with Crippen molar-refractivity contribution in [2.45, 2.75) is 19.3 Å². The fourth-order valence-corrected chi connectivity index (χ4v) is 3.19. The number of hydrogen-bond acceptors (Lipinski definition) is 5. The molecule has 1 N–H and O–H groups in total. The van der Waals surface area contributed by atoms with Gasteiger partial charge >= 0.3 is 0 Å². The molecule has 1 aromatic heterocycles. The molecule has 8 heteroatoms. The molecule has 28 heavy (non-hydrogen) atoms. The summed E-state index contributed by atoms with van der Waals surface area (Å²) in [4.78, 5) is 26.9. The highest BCUT2D eigenvalue weighted by Crippen LogP contribution is 2.26. The van der Waals surface area contributed by atoms with E-state index < -0.39 is 4.92 Å². The van der Waals surface area contributed by atoms with E-state index in [2.05, 4.69) is 32.9 Å². The average Bonchev–Trinajstić information content (AvgIpc) is 2.69. The molecule has 0 aliphatic heterocycles. The molecule has 0 bridgehead atoms. The van der Waals surface area contributed by atoms with E-state index in [0.29, 0.717) is 37.3 Å². The Morgan fingerprint density at radius 1 is 1.18 bits per heavy atom. The van der Waals surface area contributed by atoms with Gasteiger partial charge in [0.25, 0.3) is 5.69 Å². The van der Waals surface area contributed by atoms with E-state index in [-0.39, 0.29) is 11.6 Å². The predicted molar refractivity (Wildman–Crippen MR) is 116 cm³/mol. The average molecular weight is 491 g/mol. The molecule has 0 saturated heterocycles. The number of pyridine rings is 1. The second-order valence-electron chi connectivity index (χ2n) is 6.11. The highest BCUT2D eigenvalue weighted by molar-refractivity contribution is 14.1. The number of rotatable bonds is 8. The van der Waals surface area contributed by atoms with Crippen LogP contribution in [0.4, 0.5) is 11.4 Å². The Bertz CT molecular complexity index is 1000. The van der Waals surface area contributed by atoms with Gasteiger partial charge in [-0.1, -0.05) is 18.2 Å². The van der Waals surface area contributed by atoms with Crippen LogP contribution in [0.1, 0.15) is 19.3 Å². The molecule has 0 aliphatic carbocycles. The first-order valence-corrected chi connectivity index (χ1v) is 9.83. The van der Waals surface area contributed by atoms with Crippen molar-refractivity contribution in [3.8, 4) is 5.75 Å². The third kappa shape index (κ3) is 5.16. The number of nitro groups is 1. The van der Waals surface area contributed by atoms with Gasteiger partial charge in [-0.05, 0) is 53.6 Å². The zero-order valence-electron chi connectivity index (χ0n) is 14.9. The Kier molecular flexibility index (Phi) is 6.75. The summed E-state index contributed by atoms with van der Waals surface area (Å²) in [6, 6.07) is 14.0. The Morgan fingerprint density at radius 2 is 2.00 bits per heavy atom. The lowest BCUT2D eigenvalue weighted by atomic mass is 10.2. The summed E-state index contributed by atoms with van der Waals surface area (Å²) in [6.07, 6.45) is 3.37. The van der Waals surface area contributed by atoms with Gasteiger partial charge in [0.15, 0.2) is 0 Å². The fourth-order valence-electron chi connectivity index (χ4n) is 2.70. The van der Waals surface area contributed by atoms with Gasteiger partial charge in [-0.15, -0.1) is 0 Å².